The van der Waals surface area contributed by atoms with Gasteiger partial charge in [-0.1, -0.05) is 26.0 Å². The Hall–Kier alpha value is -0.630. The van der Waals surface area contributed by atoms with Crippen LogP contribution in [0.4, 0.5) is 0 Å². The summed E-state index contributed by atoms with van der Waals surface area (Å²) < 4.78 is 0. The van der Waals surface area contributed by atoms with E-state index in [2.05, 4.69) is 20.4 Å². The van der Waals surface area contributed by atoms with E-state index >= 15 is 0 Å². The standard InChI is InChI=1S/C15H24O2/c1-10-5-4-6-11(9-16)14(17)7-13-12(10)8-15(13,2)3/h11-13,16H,1,4-9H2,2-3H3. The van der Waals surface area contributed by atoms with Crippen molar-refractivity contribution in [1.29, 1.82) is 0 Å². The normalized spacial score (nSPS) is 37.5. The number of rotatable bonds is 1. The van der Waals surface area contributed by atoms with Gasteiger partial charge in [0.2, 0.25) is 0 Å². The molecule has 2 rings (SSSR count). The van der Waals surface area contributed by atoms with Crippen LogP contribution in [0.2, 0.25) is 0 Å². The maximum atomic E-state index is 12.1. The highest BCUT2D eigenvalue weighted by molar-refractivity contribution is 5.81. The highest BCUT2D eigenvalue weighted by atomic mass is 16.3. The smallest absolute Gasteiger partial charge is 0.138 e. The molecule has 2 aliphatic carbocycles. The highest BCUT2D eigenvalue weighted by Crippen LogP contribution is 2.56. The zero-order valence-corrected chi connectivity index (χ0v) is 11.0. The van der Waals surface area contributed by atoms with Crippen molar-refractivity contribution in [2.24, 2.45) is 23.2 Å². The quantitative estimate of drug-likeness (QED) is 0.711. The average Bonchev–Trinajstić information content (AvgIpc) is 2.31. The van der Waals surface area contributed by atoms with E-state index in [1.807, 2.05) is 0 Å². The molecule has 17 heavy (non-hydrogen) atoms. The summed E-state index contributed by atoms with van der Waals surface area (Å²) in [6.45, 7) is 8.73. The molecule has 0 heterocycles. The van der Waals surface area contributed by atoms with Crippen LogP contribution in [-0.2, 0) is 4.79 Å². The minimum atomic E-state index is -0.127. The molecule has 1 N–H and O–H groups in total. The number of hydrogen-bond donors (Lipinski definition) is 1. The molecule has 2 heteroatoms. The number of aliphatic hydroxyl groups is 1. The van der Waals surface area contributed by atoms with Crippen LogP contribution in [0.3, 0.4) is 0 Å². The molecule has 2 saturated carbocycles. The fraction of sp³-hybridized carbons (Fsp3) is 0.800. The number of carbonyl (C=O) groups is 1. The zero-order valence-electron chi connectivity index (χ0n) is 11.0. The van der Waals surface area contributed by atoms with E-state index in [4.69, 9.17) is 0 Å². The summed E-state index contributed by atoms with van der Waals surface area (Å²) >= 11 is 0. The number of ketones is 1. The Balaban J connectivity index is 2.16. The van der Waals surface area contributed by atoms with E-state index < -0.39 is 0 Å². The van der Waals surface area contributed by atoms with Crippen LogP contribution in [-0.4, -0.2) is 17.5 Å². The third-order valence-corrected chi connectivity index (χ3v) is 4.91. The molecular weight excluding hydrogens is 212 g/mol. The summed E-state index contributed by atoms with van der Waals surface area (Å²) in [6, 6.07) is 0. The molecular formula is C15H24O2. The lowest BCUT2D eigenvalue weighted by Gasteiger charge is -2.52. The monoisotopic (exact) mass is 236 g/mol. The molecule has 0 aromatic carbocycles. The van der Waals surface area contributed by atoms with Crippen LogP contribution in [0.1, 0.15) is 46.0 Å². The Labute approximate surface area is 104 Å². The second-order valence-electron chi connectivity index (χ2n) is 6.51. The summed E-state index contributed by atoms with van der Waals surface area (Å²) in [7, 11) is 0. The molecule has 3 unspecified atom stereocenters. The van der Waals surface area contributed by atoms with E-state index in [9.17, 15) is 9.90 Å². The first-order valence-corrected chi connectivity index (χ1v) is 6.77. The first kappa shape index (κ1) is 12.8. The number of carbonyl (C=O) groups excluding carboxylic acids is 1. The van der Waals surface area contributed by atoms with Crippen molar-refractivity contribution in [3.8, 4) is 0 Å². The average molecular weight is 236 g/mol. The van der Waals surface area contributed by atoms with Gasteiger partial charge < -0.3 is 5.11 Å². The van der Waals surface area contributed by atoms with Gasteiger partial charge in [-0.3, -0.25) is 4.79 Å². The first-order chi connectivity index (χ1) is 7.95. The van der Waals surface area contributed by atoms with Gasteiger partial charge in [-0.2, -0.15) is 0 Å². The van der Waals surface area contributed by atoms with Crippen molar-refractivity contribution in [2.75, 3.05) is 6.61 Å². The molecule has 0 saturated heterocycles. The lowest BCUT2D eigenvalue weighted by Crippen LogP contribution is -2.46. The van der Waals surface area contributed by atoms with Gasteiger partial charge in [-0.05, 0) is 42.9 Å². The van der Waals surface area contributed by atoms with E-state index in [0.717, 1.165) is 19.3 Å². The van der Waals surface area contributed by atoms with Gasteiger partial charge in [0.25, 0.3) is 0 Å². The lowest BCUT2D eigenvalue weighted by molar-refractivity contribution is -0.129. The maximum absolute atomic E-state index is 12.1. The SMILES string of the molecule is C=C1CCCC(CO)C(=O)CC2C1CC2(C)C. The van der Waals surface area contributed by atoms with E-state index in [0.29, 0.717) is 18.3 Å². The second kappa shape index (κ2) is 4.56. The topological polar surface area (TPSA) is 37.3 Å². The Morgan fingerprint density at radius 2 is 2.18 bits per heavy atom. The largest absolute Gasteiger partial charge is 0.396 e. The molecule has 3 atom stereocenters. The van der Waals surface area contributed by atoms with Crippen molar-refractivity contribution in [1.82, 2.24) is 0 Å². The van der Waals surface area contributed by atoms with Crippen molar-refractivity contribution in [2.45, 2.75) is 46.0 Å². The van der Waals surface area contributed by atoms with Crippen molar-refractivity contribution in [3.63, 3.8) is 0 Å². The maximum Gasteiger partial charge on any atom is 0.138 e. The summed E-state index contributed by atoms with van der Waals surface area (Å²) in [5, 5.41) is 9.29. The Morgan fingerprint density at radius 1 is 1.47 bits per heavy atom. The van der Waals surface area contributed by atoms with Crippen molar-refractivity contribution in [3.05, 3.63) is 12.2 Å². The molecule has 2 nitrogen and oxygen atoms in total. The molecule has 0 radical (unpaired) electrons. The van der Waals surface area contributed by atoms with Gasteiger partial charge in [0.1, 0.15) is 5.78 Å². The van der Waals surface area contributed by atoms with Gasteiger partial charge in [0.05, 0.1) is 6.61 Å². The van der Waals surface area contributed by atoms with Gasteiger partial charge in [-0.25, -0.2) is 0 Å². The predicted octanol–water partition coefficient (Wildman–Crippen LogP) is 2.96. The minimum absolute atomic E-state index is 0.0170. The Kier molecular flexibility index (Phi) is 3.44. The first-order valence-electron chi connectivity index (χ1n) is 6.77. The van der Waals surface area contributed by atoms with Gasteiger partial charge in [0.15, 0.2) is 0 Å². The van der Waals surface area contributed by atoms with E-state index in [1.54, 1.807) is 0 Å². The highest BCUT2D eigenvalue weighted by Gasteiger charge is 2.49. The van der Waals surface area contributed by atoms with Crippen molar-refractivity contribution < 1.29 is 9.90 Å². The zero-order chi connectivity index (χ0) is 12.6. The fourth-order valence-corrected chi connectivity index (χ4v) is 3.59. The molecule has 0 aromatic rings. The van der Waals surface area contributed by atoms with Crippen LogP contribution in [0.5, 0.6) is 0 Å². The number of allylic oxidation sites excluding steroid dienone is 1. The Morgan fingerprint density at radius 3 is 2.76 bits per heavy atom. The number of fused-ring (bicyclic) bond motifs is 1. The molecule has 0 amide bonds. The molecule has 2 fully saturated rings. The minimum Gasteiger partial charge on any atom is -0.396 e. The molecule has 0 bridgehead atoms. The fourth-order valence-electron chi connectivity index (χ4n) is 3.59. The van der Waals surface area contributed by atoms with Crippen molar-refractivity contribution >= 4 is 5.78 Å². The molecule has 0 aliphatic heterocycles. The van der Waals surface area contributed by atoms with Crippen LogP contribution in [0, 0.1) is 23.2 Å². The van der Waals surface area contributed by atoms with Gasteiger partial charge in [-0.15, -0.1) is 0 Å². The molecule has 2 aliphatic rings. The van der Waals surface area contributed by atoms with Crippen LogP contribution < -0.4 is 0 Å². The second-order valence-corrected chi connectivity index (χ2v) is 6.51. The van der Waals surface area contributed by atoms with Crippen LogP contribution in [0.25, 0.3) is 0 Å². The van der Waals surface area contributed by atoms with Crippen LogP contribution >= 0.6 is 0 Å². The summed E-state index contributed by atoms with van der Waals surface area (Å²) in [5.41, 5.74) is 1.61. The van der Waals surface area contributed by atoms with Gasteiger partial charge >= 0.3 is 0 Å². The van der Waals surface area contributed by atoms with Gasteiger partial charge in [0, 0.05) is 12.3 Å². The lowest BCUT2D eigenvalue weighted by atomic mass is 9.52. The molecule has 0 spiro atoms. The Bertz CT molecular complexity index is 330. The summed E-state index contributed by atoms with van der Waals surface area (Å²) in [5.74, 6) is 1.14. The number of aliphatic hydroxyl groups excluding tert-OH is 1. The number of Topliss-reactive ketones (excluding diaryl/α,β-unsaturated/α-hetero) is 1. The van der Waals surface area contributed by atoms with E-state index in [1.165, 1.54) is 12.0 Å². The van der Waals surface area contributed by atoms with E-state index in [-0.39, 0.29) is 23.7 Å². The van der Waals surface area contributed by atoms with Crippen LogP contribution in [0.15, 0.2) is 12.2 Å². The third-order valence-electron chi connectivity index (χ3n) is 4.91. The summed E-state index contributed by atoms with van der Waals surface area (Å²) in [6.07, 6.45) is 4.67. The summed E-state index contributed by atoms with van der Waals surface area (Å²) in [4.78, 5) is 12.1. The third kappa shape index (κ3) is 2.33. The predicted molar refractivity (Wildman–Crippen MR) is 68.6 cm³/mol. The molecule has 0 aromatic heterocycles. The molecule has 96 valence electrons. The number of hydrogen-bond acceptors (Lipinski definition) is 2.